The highest BCUT2D eigenvalue weighted by molar-refractivity contribution is 7.18. The second-order valence-electron chi connectivity index (χ2n) is 8.34. The van der Waals surface area contributed by atoms with Gasteiger partial charge in [0.2, 0.25) is 0 Å². The first-order chi connectivity index (χ1) is 15.0. The van der Waals surface area contributed by atoms with Gasteiger partial charge in [0.15, 0.2) is 0 Å². The minimum Gasteiger partial charge on any atom is -0.336 e. The highest BCUT2D eigenvalue weighted by atomic mass is 32.1. The fraction of sp³-hybridized carbons (Fsp3) is 0.391. The molecule has 1 aliphatic rings. The van der Waals surface area contributed by atoms with Gasteiger partial charge in [-0.25, -0.2) is 9.97 Å². The summed E-state index contributed by atoms with van der Waals surface area (Å²) in [6, 6.07) is 10.1. The number of rotatable bonds is 4. The normalized spacial score (nSPS) is 15.4. The molecule has 0 radical (unpaired) electrons. The molecule has 8 heteroatoms. The highest BCUT2D eigenvalue weighted by Gasteiger charge is 2.27. The lowest BCUT2D eigenvalue weighted by molar-refractivity contribution is 0.0630. The summed E-state index contributed by atoms with van der Waals surface area (Å²) < 4.78 is 6.60. The number of carbonyl (C=O) groups is 1. The number of piperazine rings is 1. The third kappa shape index (κ3) is 3.81. The van der Waals surface area contributed by atoms with Crippen LogP contribution in [0.5, 0.6) is 0 Å². The molecule has 160 valence electrons. The lowest BCUT2D eigenvalue weighted by atomic mass is 10.0. The van der Waals surface area contributed by atoms with Crippen molar-refractivity contribution in [3.8, 4) is 0 Å². The molecule has 5 rings (SSSR count). The number of amides is 1. The number of benzene rings is 1. The van der Waals surface area contributed by atoms with Crippen molar-refractivity contribution >= 4 is 38.6 Å². The standard InChI is InChI=1S/C23H25N5O2S/c1-14(2)18-12-16(21-15(3)26-30-22(21)25-18)23(29)28-10-8-27(9-11-28)13-20-24-17-6-4-5-7-19(17)31-20/h4-7,12,14H,8-11,13H2,1-3H3. The van der Waals surface area contributed by atoms with Gasteiger partial charge in [-0.1, -0.05) is 31.1 Å². The van der Waals surface area contributed by atoms with Crippen LogP contribution in [0.4, 0.5) is 0 Å². The number of carbonyl (C=O) groups excluding carboxylic acids is 1. The third-order valence-corrected chi connectivity index (χ3v) is 6.84. The van der Waals surface area contributed by atoms with Gasteiger partial charge >= 0.3 is 0 Å². The van der Waals surface area contributed by atoms with Gasteiger partial charge in [0, 0.05) is 31.9 Å². The molecule has 0 atom stereocenters. The maximum absolute atomic E-state index is 13.4. The summed E-state index contributed by atoms with van der Waals surface area (Å²) in [5, 5.41) is 5.89. The summed E-state index contributed by atoms with van der Waals surface area (Å²) in [4.78, 5) is 27.0. The number of fused-ring (bicyclic) bond motifs is 2. The molecule has 31 heavy (non-hydrogen) atoms. The zero-order valence-corrected chi connectivity index (χ0v) is 18.8. The summed E-state index contributed by atoms with van der Waals surface area (Å²) >= 11 is 1.75. The van der Waals surface area contributed by atoms with E-state index in [2.05, 4.69) is 41.0 Å². The van der Waals surface area contributed by atoms with Crippen LogP contribution in [0.1, 0.15) is 46.5 Å². The van der Waals surface area contributed by atoms with E-state index in [1.165, 1.54) is 4.70 Å². The van der Waals surface area contributed by atoms with Gasteiger partial charge in [0.1, 0.15) is 5.01 Å². The van der Waals surface area contributed by atoms with Crippen LogP contribution < -0.4 is 0 Å². The van der Waals surface area contributed by atoms with Crippen LogP contribution in [0.3, 0.4) is 0 Å². The van der Waals surface area contributed by atoms with Crippen LogP contribution in [0.15, 0.2) is 34.9 Å². The lowest BCUT2D eigenvalue weighted by Crippen LogP contribution is -2.48. The first-order valence-electron chi connectivity index (χ1n) is 10.6. The Morgan fingerprint density at radius 2 is 1.94 bits per heavy atom. The summed E-state index contributed by atoms with van der Waals surface area (Å²) in [6.07, 6.45) is 0. The van der Waals surface area contributed by atoms with Crippen molar-refractivity contribution in [2.45, 2.75) is 33.2 Å². The van der Waals surface area contributed by atoms with E-state index in [0.717, 1.165) is 41.2 Å². The van der Waals surface area contributed by atoms with E-state index in [9.17, 15) is 4.79 Å². The van der Waals surface area contributed by atoms with Crippen molar-refractivity contribution in [2.24, 2.45) is 0 Å². The van der Waals surface area contributed by atoms with Crippen LogP contribution >= 0.6 is 11.3 Å². The molecule has 1 aliphatic heterocycles. The molecule has 1 saturated heterocycles. The van der Waals surface area contributed by atoms with Gasteiger partial charge in [0.25, 0.3) is 11.6 Å². The molecule has 1 aromatic carbocycles. The fourth-order valence-electron chi connectivity index (χ4n) is 4.04. The monoisotopic (exact) mass is 435 g/mol. The Morgan fingerprint density at radius 3 is 2.68 bits per heavy atom. The molecule has 1 fully saturated rings. The van der Waals surface area contributed by atoms with Gasteiger partial charge in [-0.15, -0.1) is 11.3 Å². The molecule has 0 N–H and O–H groups in total. The van der Waals surface area contributed by atoms with E-state index in [4.69, 9.17) is 9.51 Å². The minimum atomic E-state index is 0.0280. The number of pyridine rings is 1. The molecule has 4 heterocycles. The second-order valence-corrected chi connectivity index (χ2v) is 9.46. The van der Waals surface area contributed by atoms with E-state index in [1.54, 1.807) is 11.3 Å². The number of hydrogen-bond donors (Lipinski definition) is 0. The Bertz CT molecular complexity index is 1220. The number of aromatic nitrogens is 3. The van der Waals surface area contributed by atoms with Gasteiger partial charge in [-0.05, 0) is 31.0 Å². The van der Waals surface area contributed by atoms with Crippen molar-refractivity contribution in [3.05, 3.63) is 52.3 Å². The molecular formula is C23H25N5O2S. The predicted molar refractivity (Wildman–Crippen MR) is 121 cm³/mol. The third-order valence-electron chi connectivity index (χ3n) is 5.82. The van der Waals surface area contributed by atoms with Gasteiger partial charge in [-0.3, -0.25) is 9.69 Å². The molecule has 7 nitrogen and oxygen atoms in total. The Morgan fingerprint density at radius 1 is 1.16 bits per heavy atom. The van der Waals surface area contributed by atoms with Crippen LogP contribution in [-0.4, -0.2) is 57.0 Å². The fourth-order valence-corrected chi connectivity index (χ4v) is 5.05. The van der Waals surface area contributed by atoms with Gasteiger partial charge in [0.05, 0.1) is 33.4 Å². The average Bonchev–Trinajstić information content (AvgIpc) is 3.36. The molecule has 1 amide bonds. The van der Waals surface area contributed by atoms with Crippen LogP contribution in [0.25, 0.3) is 21.3 Å². The lowest BCUT2D eigenvalue weighted by Gasteiger charge is -2.34. The number of hydrogen-bond acceptors (Lipinski definition) is 7. The van der Waals surface area contributed by atoms with Gasteiger partial charge in [-0.2, -0.15) is 0 Å². The Balaban J connectivity index is 1.31. The highest BCUT2D eigenvalue weighted by Crippen LogP contribution is 2.27. The molecule has 0 unspecified atom stereocenters. The largest absolute Gasteiger partial charge is 0.336 e. The van der Waals surface area contributed by atoms with Crippen molar-refractivity contribution in [2.75, 3.05) is 26.2 Å². The number of nitrogens with zero attached hydrogens (tertiary/aromatic N) is 5. The Hall–Kier alpha value is -2.84. The zero-order chi connectivity index (χ0) is 21.5. The maximum Gasteiger partial charge on any atom is 0.259 e. The first-order valence-corrected chi connectivity index (χ1v) is 11.4. The van der Waals surface area contributed by atoms with Crippen molar-refractivity contribution in [1.29, 1.82) is 0 Å². The summed E-state index contributed by atoms with van der Waals surface area (Å²) in [6.45, 7) is 9.84. The molecular weight excluding hydrogens is 410 g/mol. The van der Waals surface area contributed by atoms with E-state index >= 15 is 0 Å². The quantitative estimate of drug-likeness (QED) is 0.478. The average molecular weight is 436 g/mol. The van der Waals surface area contributed by atoms with Crippen molar-refractivity contribution in [1.82, 2.24) is 24.9 Å². The summed E-state index contributed by atoms with van der Waals surface area (Å²) in [5.74, 6) is 0.229. The molecule has 0 aliphatic carbocycles. The summed E-state index contributed by atoms with van der Waals surface area (Å²) in [5.41, 5.74) is 3.70. The smallest absolute Gasteiger partial charge is 0.259 e. The summed E-state index contributed by atoms with van der Waals surface area (Å²) in [7, 11) is 0. The van der Waals surface area contributed by atoms with Crippen LogP contribution in [0.2, 0.25) is 0 Å². The molecule has 3 aromatic heterocycles. The SMILES string of the molecule is Cc1noc2nc(C(C)C)cc(C(=O)N3CCN(Cc4nc5ccccc5s4)CC3)c12. The molecule has 0 saturated carbocycles. The van der Waals surface area contributed by atoms with Gasteiger partial charge < -0.3 is 9.42 Å². The van der Waals surface area contributed by atoms with E-state index < -0.39 is 0 Å². The topological polar surface area (TPSA) is 75.4 Å². The molecule has 0 bridgehead atoms. The van der Waals surface area contributed by atoms with Crippen LogP contribution in [0, 0.1) is 6.92 Å². The number of aryl methyl sites for hydroxylation is 1. The predicted octanol–water partition coefficient (Wildman–Crippen LogP) is 4.22. The van der Waals surface area contributed by atoms with E-state index in [0.29, 0.717) is 30.1 Å². The maximum atomic E-state index is 13.4. The molecule has 4 aromatic rings. The Labute approximate surface area is 184 Å². The Kier molecular flexibility index (Phi) is 5.19. The number of para-hydroxylation sites is 1. The first kappa shape index (κ1) is 20.1. The van der Waals surface area contributed by atoms with E-state index in [1.807, 2.05) is 30.0 Å². The number of thiazole rings is 1. The minimum absolute atomic E-state index is 0.0280. The molecule has 0 spiro atoms. The zero-order valence-electron chi connectivity index (χ0n) is 18.0. The van der Waals surface area contributed by atoms with Crippen molar-refractivity contribution in [3.63, 3.8) is 0 Å². The second kappa shape index (κ2) is 8.01. The van der Waals surface area contributed by atoms with E-state index in [-0.39, 0.29) is 11.8 Å². The van der Waals surface area contributed by atoms with Crippen molar-refractivity contribution < 1.29 is 9.32 Å². The van der Waals surface area contributed by atoms with Crippen LogP contribution in [-0.2, 0) is 6.54 Å².